The number of nitrogens with zero attached hydrogens (tertiary/aromatic N) is 2. The first-order valence-corrected chi connectivity index (χ1v) is 19.5. The zero-order valence-electron chi connectivity index (χ0n) is 29.4. The van der Waals surface area contributed by atoms with E-state index in [1.54, 1.807) is 68.7 Å². The molecule has 6 rings (SSSR count). The predicted molar refractivity (Wildman–Crippen MR) is 202 cm³/mol. The highest BCUT2D eigenvalue weighted by molar-refractivity contribution is 7.87. The number of nitrogens with one attached hydrogen (secondary N) is 1. The van der Waals surface area contributed by atoms with Crippen LogP contribution < -0.4 is 19.1 Å². The molecule has 1 aliphatic heterocycles. The van der Waals surface area contributed by atoms with Crippen LogP contribution in [0, 0.1) is 11.8 Å². The van der Waals surface area contributed by atoms with Gasteiger partial charge in [-0.25, -0.2) is 4.72 Å². The Kier molecular flexibility index (Phi) is 11.2. The Balaban J connectivity index is 1.31. The van der Waals surface area contributed by atoms with Crippen molar-refractivity contribution in [2.45, 2.75) is 69.6 Å². The summed E-state index contributed by atoms with van der Waals surface area (Å²) in [6.45, 7) is 11.2. The molecule has 0 bridgehead atoms. The van der Waals surface area contributed by atoms with Crippen LogP contribution in [0.3, 0.4) is 0 Å². The summed E-state index contributed by atoms with van der Waals surface area (Å²) in [4.78, 5) is 16.1. The van der Waals surface area contributed by atoms with Crippen molar-refractivity contribution in [1.82, 2.24) is 9.03 Å². The number of fused-ring (bicyclic) bond motifs is 3. The monoisotopic (exact) mass is 733 g/mol. The lowest BCUT2D eigenvalue weighted by atomic mass is 9.68. The molecule has 1 heterocycles. The normalized spacial score (nSPS) is 22.4. The third-order valence-electron chi connectivity index (χ3n) is 10.9. The largest absolute Gasteiger partial charge is 0.497 e. The van der Waals surface area contributed by atoms with Gasteiger partial charge in [-0.1, -0.05) is 42.0 Å². The smallest absolute Gasteiger partial charge is 0.304 e. The number of ether oxygens (including phenoxy) is 2. The molecule has 272 valence electrons. The first kappa shape index (κ1) is 36.9. The average molecular weight is 734 g/mol. The predicted octanol–water partition coefficient (Wildman–Crippen LogP) is 6.84. The highest BCUT2D eigenvalue weighted by Gasteiger charge is 2.44. The van der Waals surface area contributed by atoms with E-state index in [2.05, 4.69) is 34.9 Å². The molecule has 2 aliphatic carbocycles. The standard InChI is InChI=1S/C40H48ClN3O6S/c1-5-8-27(3)44(23-28-10-15-33(49-4)16-11-28)51(47,48)42-39(46)30-13-19-38-36(22-30)43(24-31-12-17-34(31)37(45)6-2)25-40(26-50-38)20-7-9-29-21-32(41)14-18-35(29)40/h5-6,10-11,13-16,18-19,21-22,27,31,34,37,45H,1-2,7-9,12,17,20,23-26H2,3-4H3,(H,42,46)/t27?,31-,34+,37?,40-/m0/s1. The van der Waals surface area contributed by atoms with Crippen LogP contribution in [0.5, 0.6) is 11.5 Å². The Morgan fingerprint density at radius 3 is 2.65 bits per heavy atom. The minimum Gasteiger partial charge on any atom is -0.497 e. The molecule has 1 amide bonds. The fourth-order valence-corrected chi connectivity index (χ4v) is 9.51. The average Bonchev–Trinajstić information content (AvgIpc) is 3.25. The molecule has 51 heavy (non-hydrogen) atoms. The first-order valence-electron chi connectivity index (χ1n) is 17.7. The van der Waals surface area contributed by atoms with E-state index in [4.69, 9.17) is 21.1 Å². The van der Waals surface area contributed by atoms with Gasteiger partial charge in [0.2, 0.25) is 0 Å². The van der Waals surface area contributed by atoms with Crippen molar-refractivity contribution >= 4 is 33.4 Å². The molecule has 2 N–H and O–H groups in total. The zero-order chi connectivity index (χ0) is 36.3. The molecule has 11 heteroatoms. The molecule has 2 unspecified atom stereocenters. The van der Waals surface area contributed by atoms with E-state index in [0.717, 1.165) is 43.4 Å². The topological polar surface area (TPSA) is 108 Å². The van der Waals surface area contributed by atoms with Crippen LogP contribution in [0.25, 0.3) is 0 Å². The number of halogens is 1. The number of hydrogen-bond donors (Lipinski definition) is 2. The second-order valence-electron chi connectivity index (χ2n) is 14.2. The van der Waals surface area contributed by atoms with Crippen molar-refractivity contribution in [3.8, 4) is 11.5 Å². The fourth-order valence-electron chi connectivity index (χ4n) is 7.97. The number of carbonyl (C=O) groups is 1. The van der Waals surface area contributed by atoms with Gasteiger partial charge in [-0.3, -0.25) is 4.79 Å². The van der Waals surface area contributed by atoms with Gasteiger partial charge in [0.1, 0.15) is 11.5 Å². The lowest BCUT2D eigenvalue weighted by molar-refractivity contribution is 0.0460. The maximum absolute atomic E-state index is 13.9. The van der Waals surface area contributed by atoms with Crippen LogP contribution in [0.1, 0.15) is 66.1 Å². The minimum absolute atomic E-state index is 0.0568. The van der Waals surface area contributed by atoms with E-state index in [1.807, 2.05) is 6.07 Å². The number of carbonyl (C=O) groups excluding carboxylic acids is 1. The Morgan fingerprint density at radius 1 is 1.18 bits per heavy atom. The number of benzene rings is 3. The van der Waals surface area contributed by atoms with Crippen LogP contribution in [-0.2, 0) is 28.6 Å². The molecular weight excluding hydrogens is 686 g/mol. The first-order chi connectivity index (χ1) is 24.5. The summed E-state index contributed by atoms with van der Waals surface area (Å²) >= 11 is 6.42. The summed E-state index contributed by atoms with van der Waals surface area (Å²) in [5.41, 5.74) is 3.81. The maximum atomic E-state index is 13.9. The van der Waals surface area contributed by atoms with Gasteiger partial charge in [-0.05, 0) is 116 Å². The molecule has 3 aromatic rings. The van der Waals surface area contributed by atoms with E-state index in [9.17, 15) is 18.3 Å². The number of anilines is 1. The van der Waals surface area contributed by atoms with Crippen molar-refractivity contribution in [2.75, 3.05) is 31.7 Å². The van der Waals surface area contributed by atoms with Gasteiger partial charge >= 0.3 is 10.2 Å². The lowest BCUT2D eigenvalue weighted by Crippen LogP contribution is -2.49. The Bertz CT molecular complexity index is 1870. The van der Waals surface area contributed by atoms with Crippen molar-refractivity contribution in [3.05, 3.63) is 113 Å². The molecule has 0 radical (unpaired) electrons. The third-order valence-corrected chi connectivity index (χ3v) is 12.7. The Morgan fingerprint density at radius 2 is 1.96 bits per heavy atom. The van der Waals surface area contributed by atoms with Crippen molar-refractivity contribution in [3.63, 3.8) is 0 Å². The third kappa shape index (κ3) is 7.84. The van der Waals surface area contributed by atoms with Crippen LogP contribution in [-0.4, -0.2) is 62.7 Å². The molecule has 0 aromatic heterocycles. The minimum atomic E-state index is -4.28. The van der Waals surface area contributed by atoms with E-state index < -0.39 is 28.3 Å². The zero-order valence-corrected chi connectivity index (χ0v) is 31.0. The number of aryl methyl sites for hydroxylation is 1. The fraction of sp³-hybridized carbons (Fsp3) is 0.425. The van der Waals surface area contributed by atoms with Crippen molar-refractivity contribution in [1.29, 1.82) is 0 Å². The van der Waals surface area contributed by atoms with Crippen molar-refractivity contribution < 1.29 is 27.8 Å². The summed E-state index contributed by atoms with van der Waals surface area (Å²) in [7, 11) is -2.71. The second kappa shape index (κ2) is 15.4. The van der Waals surface area contributed by atoms with E-state index >= 15 is 0 Å². The van der Waals surface area contributed by atoms with Gasteiger partial charge in [0, 0.05) is 41.7 Å². The summed E-state index contributed by atoms with van der Waals surface area (Å²) < 4.78 is 43.2. The van der Waals surface area contributed by atoms with Crippen LogP contribution >= 0.6 is 11.6 Å². The van der Waals surface area contributed by atoms with Crippen LogP contribution in [0.15, 0.2) is 86.0 Å². The van der Waals surface area contributed by atoms with E-state index in [0.29, 0.717) is 42.6 Å². The molecule has 1 saturated carbocycles. The molecule has 0 saturated heterocycles. The number of hydrogen-bond acceptors (Lipinski definition) is 7. The van der Waals surface area contributed by atoms with Crippen LogP contribution in [0.2, 0.25) is 5.02 Å². The summed E-state index contributed by atoms with van der Waals surface area (Å²) in [6, 6.07) is 17.9. The Labute approximate surface area is 307 Å². The molecule has 3 aromatic carbocycles. The summed E-state index contributed by atoms with van der Waals surface area (Å²) in [5, 5.41) is 11.4. The summed E-state index contributed by atoms with van der Waals surface area (Å²) in [5.74, 6) is 0.866. The van der Waals surface area contributed by atoms with Crippen molar-refractivity contribution in [2.24, 2.45) is 11.8 Å². The van der Waals surface area contributed by atoms with Gasteiger partial charge in [-0.2, -0.15) is 12.7 Å². The second-order valence-corrected chi connectivity index (χ2v) is 16.3. The number of rotatable bonds is 13. The maximum Gasteiger partial charge on any atom is 0.304 e. The molecule has 1 spiro atoms. The highest BCUT2D eigenvalue weighted by Crippen LogP contribution is 2.46. The van der Waals surface area contributed by atoms with Gasteiger partial charge in [-0.15, -0.1) is 13.2 Å². The van der Waals surface area contributed by atoms with Gasteiger partial charge in [0.15, 0.2) is 0 Å². The molecular formula is C40H48ClN3O6S. The SMILES string of the molecule is C=CCC(C)N(Cc1ccc(OC)cc1)S(=O)(=O)NC(=O)c1ccc2c(c1)N(C[C@@H]1CC[C@H]1C(O)C=C)C[C@@]1(CCCc3cc(Cl)ccc31)CO2. The Hall–Kier alpha value is -3.83. The van der Waals surface area contributed by atoms with Gasteiger partial charge < -0.3 is 19.5 Å². The molecule has 1 fully saturated rings. The molecule has 5 atom stereocenters. The molecule has 3 aliphatic rings. The number of aliphatic hydroxyl groups is 1. The quantitative estimate of drug-likeness (QED) is 0.185. The summed E-state index contributed by atoms with van der Waals surface area (Å²) in [6.07, 6.45) is 7.82. The number of amides is 1. The number of aliphatic hydroxyl groups excluding tert-OH is 1. The lowest BCUT2D eigenvalue weighted by Gasteiger charge is -2.45. The highest BCUT2D eigenvalue weighted by atomic mass is 35.5. The number of methoxy groups -OCH3 is 1. The van der Waals surface area contributed by atoms with Crippen LogP contribution in [0.4, 0.5) is 5.69 Å². The van der Waals surface area contributed by atoms with E-state index in [-0.39, 0.29) is 29.4 Å². The van der Waals surface area contributed by atoms with Gasteiger partial charge in [0.05, 0.1) is 25.5 Å². The van der Waals surface area contributed by atoms with Gasteiger partial charge in [0.25, 0.3) is 5.91 Å². The van der Waals surface area contributed by atoms with E-state index in [1.165, 1.54) is 15.4 Å². The molecule has 9 nitrogen and oxygen atoms in total.